The first kappa shape index (κ1) is 23.6. The first-order chi connectivity index (χ1) is 16.3. The van der Waals surface area contributed by atoms with Gasteiger partial charge in [-0.15, -0.1) is 0 Å². The zero-order valence-electron chi connectivity index (χ0n) is 20.6. The molecule has 2 aromatic carbocycles. The Morgan fingerprint density at radius 1 is 1.03 bits per heavy atom. The van der Waals surface area contributed by atoms with Crippen LogP contribution in [0.5, 0.6) is 0 Å². The molecule has 2 aromatic rings. The molecule has 6 heteroatoms. The molecular weight excluding hydrogens is 423 g/mol. The molecule has 1 amide bonds. The maximum atomic E-state index is 12.9. The van der Waals surface area contributed by atoms with E-state index in [2.05, 4.69) is 50.4 Å². The van der Waals surface area contributed by atoms with Gasteiger partial charge in [0, 0.05) is 12.4 Å². The molecular formula is C28H37BN2O3. The van der Waals surface area contributed by atoms with Crippen molar-refractivity contribution in [3.63, 3.8) is 0 Å². The highest BCUT2D eigenvalue weighted by Gasteiger charge is 2.68. The van der Waals surface area contributed by atoms with E-state index in [1.54, 1.807) is 0 Å². The van der Waals surface area contributed by atoms with Crippen LogP contribution < -0.4 is 11.1 Å². The van der Waals surface area contributed by atoms with E-state index in [9.17, 15) is 4.79 Å². The lowest BCUT2D eigenvalue weighted by Gasteiger charge is -2.64. The summed E-state index contributed by atoms with van der Waals surface area (Å²) in [7, 11) is -0.337. The van der Waals surface area contributed by atoms with Gasteiger partial charge >= 0.3 is 7.12 Å². The van der Waals surface area contributed by atoms with Gasteiger partial charge in [-0.25, -0.2) is 0 Å². The molecule has 4 aliphatic rings. The number of carbonyl (C=O) groups excluding carboxylic acids is 1. The van der Waals surface area contributed by atoms with Crippen molar-refractivity contribution in [1.29, 1.82) is 0 Å². The Morgan fingerprint density at radius 2 is 1.65 bits per heavy atom. The highest BCUT2D eigenvalue weighted by Crippen LogP contribution is 2.66. The summed E-state index contributed by atoms with van der Waals surface area (Å²) in [6.07, 6.45) is 3.71. The monoisotopic (exact) mass is 460 g/mol. The van der Waals surface area contributed by atoms with Crippen LogP contribution in [0.3, 0.4) is 0 Å². The molecule has 0 unspecified atom stereocenters. The largest absolute Gasteiger partial charge is 0.463 e. The number of benzene rings is 2. The second-order valence-electron chi connectivity index (χ2n) is 11.3. The van der Waals surface area contributed by atoms with E-state index in [0.29, 0.717) is 30.2 Å². The summed E-state index contributed by atoms with van der Waals surface area (Å²) in [6.45, 7) is 7.47. The molecule has 6 atom stereocenters. The Kier molecular flexibility index (Phi) is 6.34. The summed E-state index contributed by atoms with van der Waals surface area (Å²) in [5, 5.41) is 3.11. The first-order valence-electron chi connectivity index (χ1n) is 12.7. The maximum absolute atomic E-state index is 12.9. The lowest BCUT2D eigenvalue weighted by atomic mass is 9.43. The minimum Gasteiger partial charge on any atom is -0.405 e. The van der Waals surface area contributed by atoms with E-state index in [0.717, 1.165) is 18.4 Å². The molecule has 6 rings (SSSR count). The summed E-state index contributed by atoms with van der Waals surface area (Å²) in [5.74, 6) is 1.10. The second-order valence-corrected chi connectivity index (χ2v) is 11.3. The van der Waals surface area contributed by atoms with Crippen LogP contribution in [-0.4, -0.2) is 37.3 Å². The molecule has 180 valence electrons. The van der Waals surface area contributed by atoms with E-state index in [-0.39, 0.29) is 30.5 Å². The summed E-state index contributed by atoms with van der Waals surface area (Å²) < 4.78 is 13.3. The molecule has 34 heavy (non-hydrogen) atoms. The number of carbonyl (C=O) groups is 1. The van der Waals surface area contributed by atoms with Crippen LogP contribution in [0.25, 0.3) is 0 Å². The van der Waals surface area contributed by atoms with Gasteiger partial charge in [0.05, 0.1) is 17.7 Å². The van der Waals surface area contributed by atoms with Crippen molar-refractivity contribution in [1.82, 2.24) is 5.32 Å². The summed E-state index contributed by atoms with van der Waals surface area (Å²) in [5.41, 5.74) is 8.56. The van der Waals surface area contributed by atoms with Gasteiger partial charge in [-0.05, 0) is 61.0 Å². The van der Waals surface area contributed by atoms with Gasteiger partial charge in [-0.3, -0.25) is 4.79 Å². The molecule has 1 aliphatic heterocycles. The Balaban J connectivity index is 1.27. The van der Waals surface area contributed by atoms with Crippen molar-refractivity contribution in [2.24, 2.45) is 23.0 Å². The zero-order valence-corrected chi connectivity index (χ0v) is 20.6. The molecule has 5 nitrogen and oxygen atoms in total. The van der Waals surface area contributed by atoms with Gasteiger partial charge in [-0.1, -0.05) is 74.5 Å². The van der Waals surface area contributed by atoms with Crippen LogP contribution in [0.4, 0.5) is 0 Å². The fourth-order valence-electron chi connectivity index (χ4n) is 6.61. The Labute approximate surface area is 203 Å². The Bertz CT molecular complexity index is 1000. The van der Waals surface area contributed by atoms with E-state index < -0.39 is 6.04 Å². The number of amides is 1. The van der Waals surface area contributed by atoms with Crippen molar-refractivity contribution >= 4 is 13.0 Å². The van der Waals surface area contributed by atoms with E-state index in [1.807, 2.05) is 36.4 Å². The predicted molar refractivity (Wildman–Crippen MR) is 135 cm³/mol. The minimum absolute atomic E-state index is 0.0120. The van der Waals surface area contributed by atoms with Crippen LogP contribution in [0.15, 0.2) is 60.7 Å². The quantitative estimate of drug-likeness (QED) is 0.584. The van der Waals surface area contributed by atoms with Crippen molar-refractivity contribution in [2.45, 2.75) is 70.0 Å². The summed E-state index contributed by atoms with van der Waals surface area (Å²) in [4.78, 5) is 12.9. The zero-order chi connectivity index (χ0) is 23.9. The summed E-state index contributed by atoms with van der Waals surface area (Å²) >= 11 is 0. The maximum Gasteiger partial charge on any atom is 0.463 e. The molecule has 1 saturated heterocycles. The average molecular weight is 460 g/mol. The number of nitrogens with two attached hydrogens (primary N) is 1. The van der Waals surface area contributed by atoms with Crippen molar-refractivity contribution in [3.8, 4) is 0 Å². The molecule has 3 saturated carbocycles. The third-order valence-corrected chi connectivity index (χ3v) is 8.87. The molecule has 4 fully saturated rings. The smallest absolute Gasteiger partial charge is 0.405 e. The topological polar surface area (TPSA) is 73.6 Å². The van der Waals surface area contributed by atoms with Crippen molar-refractivity contribution < 1.29 is 14.1 Å². The molecule has 0 aromatic heterocycles. The van der Waals surface area contributed by atoms with Gasteiger partial charge in [0.15, 0.2) is 0 Å². The normalized spacial score (nSPS) is 30.7. The second kappa shape index (κ2) is 9.14. The Hall–Kier alpha value is -2.15. The third kappa shape index (κ3) is 4.32. The van der Waals surface area contributed by atoms with E-state index >= 15 is 0 Å². The van der Waals surface area contributed by atoms with Crippen LogP contribution in [-0.2, 0) is 26.9 Å². The van der Waals surface area contributed by atoms with Crippen molar-refractivity contribution in [2.75, 3.05) is 6.54 Å². The summed E-state index contributed by atoms with van der Waals surface area (Å²) in [6, 6.07) is 19.7. The number of hydrogen-bond donors (Lipinski definition) is 2. The molecule has 2 bridgehead atoms. The molecule has 3 aliphatic carbocycles. The number of rotatable bonds is 8. The van der Waals surface area contributed by atoms with Gasteiger partial charge in [-0.2, -0.15) is 0 Å². The molecule has 0 radical (unpaired) electrons. The fraction of sp³-hybridized carbons (Fsp3) is 0.536. The van der Waals surface area contributed by atoms with Crippen LogP contribution in [0.1, 0.15) is 44.7 Å². The van der Waals surface area contributed by atoms with Gasteiger partial charge < -0.3 is 20.4 Å². The van der Waals surface area contributed by atoms with Gasteiger partial charge in [0.1, 0.15) is 0 Å². The average Bonchev–Trinajstić information content (AvgIpc) is 3.19. The van der Waals surface area contributed by atoms with Crippen LogP contribution in [0, 0.1) is 17.3 Å². The van der Waals surface area contributed by atoms with Crippen LogP contribution in [0.2, 0.25) is 5.82 Å². The Morgan fingerprint density at radius 3 is 2.26 bits per heavy atom. The lowest BCUT2D eigenvalue weighted by molar-refractivity contribution is -0.199. The van der Waals surface area contributed by atoms with Crippen LogP contribution >= 0.6 is 0 Å². The SMILES string of the molecule is CC1(C)[C@H]2C[C@@H]3OB([C@@H](CNC(=O)[C@@H](N)Cc4ccccc4)Cc4ccccc4)O[C@]3(C)[C@@H]1C2. The highest BCUT2D eigenvalue weighted by atomic mass is 16.7. The predicted octanol–water partition coefficient (Wildman–Crippen LogP) is 4.01. The first-order valence-corrected chi connectivity index (χ1v) is 12.7. The van der Waals surface area contributed by atoms with Crippen molar-refractivity contribution in [3.05, 3.63) is 71.8 Å². The highest BCUT2D eigenvalue weighted by molar-refractivity contribution is 6.47. The minimum atomic E-state index is -0.585. The fourth-order valence-corrected chi connectivity index (χ4v) is 6.61. The van der Waals surface area contributed by atoms with E-state index in [4.69, 9.17) is 15.0 Å². The molecule has 1 heterocycles. The van der Waals surface area contributed by atoms with E-state index in [1.165, 1.54) is 12.0 Å². The standard InChI is InChI=1S/C28H37BN2O3/c1-27(2)21-16-24(27)28(3)25(17-21)33-29(34-28)22(14-19-10-6-4-7-11-19)18-31-26(32)23(30)15-20-12-8-5-9-13-20/h4-13,21-25H,14-18,30H2,1-3H3,(H,31,32)/t21-,22-,23+,24-,25+,28-/m1/s1. The molecule has 0 spiro atoms. The van der Waals surface area contributed by atoms with Gasteiger partial charge in [0.2, 0.25) is 5.91 Å². The number of nitrogens with one attached hydrogen (secondary N) is 1. The molecule has 3 N–H and O–H groups in total. The van der Waals surface area contributed by atoms with Gasteiger partial charge in [0.25, 0.3) is 0 Å². The number of hydrogen-bond acceptors (Lipinski definition) is 4. The third-order valence-electron chi connectivity index (χ3n) is 8.87. The lowest BCUT2D eigenvalue weighted by Crippen LogP contribution is -2.65.